The van der Waals surface area contributed by atoms with Crippen LogP contribution in [0.4, 0.5) is 24.5 Å². The average Bonchev–Trinajstić information content (AvgIpc) is 2.95. The van der Waals surface area contributed by atoms with Gasteiger partial charge in [0.15, 0.2) is 0 Å². The third kappa shape index (κ3) is 4.27. The SMILES string of the molecule is CCCOCC1CCC(N(N)c2cccc(C(F)(F)F)c2N)O1. The van der Waals surface area contributed by atoms with Crippen molar-refractivity contribution in [2.24, 2.45) is 5.84 Å². The van der Waals surface area contributed by atoms with Crippen LogP contribution in [-0.4, -0.2) is 25.5 Å². The second kappa shape index (κ2) is 7.37. The van der Waals surface area contributed by atoms with Crippen molar-refractivity contribution >= 4 is 11.4 Å². The number of nitrogen functional groups attached to an aromatic ring is 1. The molecule has 8 heteroatoms. The zero-order valence-corrected chi connectivity index (χ0v) is 13.0. The lowest BCUT2D eigenvalue weighted by atomic mass is 10.1. The minimum Gasteiger partial charge on any atom is -0.397 e. The fourth-order valence-corrected chi connectivity index (χ4v) is 2.55. The lowest BCUT2D eigenvalue weighted by molar-refractivity contribution is -0.136. The lowest BCUT2D eigenvalue weighted by Gasteiger charge is -2.28. The zero-order valence-electron chi connectivity index (χ0n) is 13.0. The smallest absolute Gasteiger partial charge is 0.397 e. The maximum absolute atomic E-state index is 12.9. The first kappa shape index (κ1) is 17.8. The van der Waals surface area contributed by atoms with Crippen molar-refractivity contribution in [1.29, 1.82) is 0 Å². The minimum absolute atomic E-state index is 0.107. The summed E-state index contributed by atoms with van der Waals surface area (Å²) >= 11 is 0. The van der Waals surface area contributed by atoms with E-state index < -0.39 is 23.7 Å². The van der Waals surface area contributed by atoms with E-state index >= 15 is 0 Å². The summed E-state index contributed by atoms with van der Waals surface area (Å²) in [7, 11) is 0. The molecule has 5 nitrogen and oxygen atoms in total. The Bertz CT molecular complexity index is 525. The van der Waals surface area contributed by atoms with Crippen LogP contribution in [0.1, 0.15) is 31.7 Å². The molecule has 0 spiro atoms. The second-order valence-corrected chi connectivity index (χ2v) is 5.51. The first-order valence-corrected chi connectivity index (χ1v) is 7.57. The molecule has 130 valence electrons. The summed E-state index contributed by atoms with van der Waals surface area (Å²) in [4.78, 5) is 0. The van der Waals surface area contributed by atoms with Gasteiger partial charge in [-0.25, -0.2) is 5.84 Å². The van der Waals surface area contributed by atoms with Crippen LogP contribution < -0.4 is 16.6 Å². The Hall–Kier alpha value is -1.51. The number of anilines is 2. The summed E-state index contributed by atoms with van der Waals surface area (Å²) in [5.74, 6) is 5.95. The van der Waals surface area contributed by atoms with Crippen LogP contribution in [0.25, 0.3) is 0 Å². The number of ether oxygens (including phenoxy) is 2. The van der Waals surface area contributed by atoms with E-state index in [9.17, 15) is 13.2 Å². The number of hydrogen-bond acceptors (Lipinski definition) is 5. The fourth-order valence-electron chi connectivity index (χ4n) is 2.55. The van der Waals surface area contributed by atoms with Gasteiger partial charge in [0.2, 0.25) is 0 Å². The Morgan fingerprint density at radius 2 is 2.09 bits per heavy atom. The molecule has 0 aliphatic carbocycles. The van der Waals surface area contributed by atoms with Gasteiger partial charge in [0, 0.05) is 6.61 Å². The van der Waals surface area contributed by atoms with Gasteiger partial charge in [0.25, 0.3) is 0 Å². The Kier molecular flexibility index (Phi) is 5.72. The highest BCUT2D eigenvalue weighted by atomic mass is 19.4. The van der Waals surface area contributed by atoms with Crippen molar-refractivity contribution in [1.82, 2.24) is 0 Å². The van der Waals surface area contributed by atoms with Crippen LogP contribution in [0.2, 0.25) is 0 Å². The van der Waals surface area contributed by atoms with Crippen molar-refractivity contribution in [3.8, 4) is 0 Å². The van der Waals surface area contributed by atoms with Gasteiger partial charge in [0.1, 0.15) is 6.23 Å². The van der Waals surface area contributed by atoms with Gasteiger partial charge >= 0.3 is 6.18 Å². The largest absolute Gasteiger partial charge is 0.418 e. The maximum Gasteiger partial charge on any atom is 0.418 e. The molecule has 0 amide bonds. The molecule has 0 saturated carbocycles. The molecule has 1 aliphatic rings. The molecule has 2 atom stereocenters. The maximum atomic E-state index is 12.9. The topological polar surface area (TPSA) is 73.7 Å². The van der Waals surface area contributed by atoms with Crippen LogP contribution >= 0.6 is 0 Å². The fraction of sp³-hybridized carbons (Fsp3) is 0.600. The number of nitrogens with zero attached hydrogens (tertiary/aromatic N) is 1. The number of halogens is 3. The third-order valence-electron chi connectivity index (χ3n) is 3.71. The normalized spacial score (nSPS) is 21.6. The molecule has 1 heterocycles. The van der Waals surface area contributed by atoms with E-state index in [-0.39, 0.29) is 11.8 Å². The first-order chi connectivity index (χ1) is 10.8. The number of nitrogens with two attached hydrogens (primary N) is 2. The van der Waals surface area contributed by atoms with Crippen LogP contribution in [-0.2, 0) is 15.7 Å². The van der Waals surface area contributed by atoms with E-state index in [1.807, 2.05) is 6.92 Å². The zero-order chi connectivity index (χ0) is 17.0. The molecular weight excluding hydrogens is 311 g/mol. The van der Waals surface area contributed by atoms with Crippen molar-refractivity contribution < 1.29 is 22.6 Å². The van der Waals surface area contributed by atoms with Crippen molar-refractivity contribution in [3.05, 3.63) is 23.8 Å². The predicted molar refractivity (Wildman–Crippen MR) is 81.5 cm³/mol. The Morgan fingerprint density at radius 1 is 1.35 bits per heavy atom. The van der Waals surface area contributed by atoms with Gasteiger partial charge in [-0.3, -0.25) is 5.01 Å². The van der Waals surface area contributed by atoms with Crippen LogP contribution in [0.5, 0.6) is 0 Å². The highest BCUT2D eigenvalue weighted by Crippen LogP contribution is 2.38. The van der Waals surface area contributed by atoms with Crippen LogP contribution in [0.15, 0.2) is 18.2 Å². The Balaban J connectivity index is 2.05. The molecule has 4 N–H and O–H groups in total. The molecule has 0 aromatic heterocycles. The van der Waals surface area contributed by atoms with Crippen LogP contribution in [0.3, 0.4) is 0 Å². The van der Waals surface area contributed by atoms with Crippen LogP contribution in [0, 0.1) is 0 Å². The monoisotopic (exact) mass is 333 g/mol. The summed E-state index contributed by atoms with van der Waals surface area (Å²) < 4.78 is 49.9. The third-order valence-corrected chi connectivity index (χ3v) is 3.71. The molecule has 1 aliphatic heterocycles. The number of benzene rings is 1. The van der Waals surface area contributed by atoms with Crippen molar-refractivity contribution in [2.45, 2.75) is 44.7 Å². The summed E-state index contributed by atoms with van der Waals surface area (Å²) in [6.07, 6.45) is -2.89. The molecular formula is C15H22F3N3O2. The molecule has 1 aromatic rings. The van der Waals surface area contributed by atoms with E-state index in [0.29, 0.717) is 19.6 Å². The highest BCUT2D eigenvalue weighted by molar-refractivity contribution is 5.71. The van der Waals surface area contributed by atoms with Gasteiger partial charge in [-0.15, -0.1) is 0 Å². The number of hydrogen-bond donors (Lipinski definition) is 2. The molecule has 1 fully saturated rings. The molecule has 0 radical (unpaired) electrons. The van der Waals surface area contributed by atoms with Gasteiger partial charge in [0.05, 0.1) is 29.6 Å². The second-order valence-electron chi connectivity index (χ2n) is 5.51. The van der Waals surface area contributed by atoms with E-state index in [4.69, 9.17) is 21.1 Å². The Labute approximate surface area is 133 Å². The Morgan fingerprint density at radius 3 is 2.74 bits per heavy atom. The van der Waals surface area contributed by atoms with Gasteiger partial charge < -0.3 is 15.2 Å². The summed E-state index contributed by atoms with van der Waals surface area (Å²) in [5, 5.41) is 1.17. The predicted octanol–water partition coefficient (Wildman–Crippen LogP) is 2.90. The summed E-state index contributed by atoms with van der Waals surface area (Å²) in [5.41, 5.74) is 4.47. The molecule has 1 saturated heterocycles. The quantitative estimate of drug-likeness (QED) is 0.362. The van der Waals surface area contributed by atoms with E-state index in [1.165, 1.54) is 17.1 Å². The molecule has 1 aromatic carbocycles. The number of rotatable bonds is 6. The summed E-state index contributed by atoms with van der Waals surface area (Å²) in [6, 6.07) is 3.67. The minimum atomic E-state index is -4.52. The summed E-state index contributed by atoms with van der Waals surface area (Å²) in [6.45, 7) is 3.12. The first-order valence-electron chi connectivity index (χ1n) is 7.57. The molecule has 23 heavy (non-hydrogen) atoms. The number of alkyl halides is 3. The van der Waals surface area contributed by atoms with Gasteiger partial charge in [-0.05, 0) is 31.4 Å². The molecule has 2 rings (SSSR count). The number of para-hydroxylation sites is 1. The van der Waals surface area contributed by atoms with Gasteiger partial charge in [-0.2, -0.15) is 13.2 Å². The van der Waals surface area contributed by atoms with E-state index in [1.54, 1.807) is 0 Å². The lowest BCUT2D eigenvalue weighted by Crippen LogP contribution is -2.42. The highest BCUT2D eigenvalue weighted by Gasteiger charge is 2.36. The molecule has 2 unspecified atom stereocenters. The average molecular weight is 333 g/mol. The van der Waals surface area contributed by atoms with E-state index in [0.717, 1.165) is 18.9 Å². The molecule has 0 bridgehead atoms. The van der Waals surface area contributed by atoms with Crippen molar-refractivity contribution in [2.75, 3.05) is 24.0 Å². The van der Waals surface area contributed by atoms with Gasteiger partial charge in [-0.1, -0.05) is 13.0 Å². The standard InChI is InChI=1S/C15H22F3N3O2/c1-2-8-22-9-10-6-7-13(23-10)21(20)12-5-3-4-11(14(12)19)15(16,17)18/h3-5,10,13H,2,6-9,19-20H2,1H3. The van der Waals surface area contributed by atoms with E-state index in [2.05, 4.69) is 0 Å². The number of hydrazine groups is 1. The van der Waals surface area contributed by atoms with Crippen molar-refractivity contribution in [3.63, 3.8) is 0 Å².